The summed E-state index contributed by atoms with van der Waals surface area (Å²) in [7, 11) is -4.86. The van der Waals surface area contributed by atoms with Gasteiger partial charge in [0.2, 0.25) is 0 Å². The topological polar surface area (TPSA) is 77.4 Å². The van der Waals surface area contributed by atoms with E-state index >= 15 is 0 Å². The van der Waals surface area contributed by atoms with E-state index in [1.165, 1.54) is 6.07 Å². The normalized spacial score (nSPS) is 13.1. The molecule has 8 heteroatoms. The fraction of sp³-hybridized carbons (Fsp3) is 0.143. The molecule has 0 heterocycles. The molecule has 1 aromatic carbocycles. The Morgan fingerprint density at radius 1 is 1.47 bits per heavy atom. The van der Waals surface area contributed by atoms with E-state index in [1.54, 1.807) is 0 Å². The minimum absolute atomic E-state index is 0. The van der Waals surface area contributed by atoms with Gasteiger partial charge in [-0.3, -0.25) is 0 Å². The molecule has 0 aliphatic rings. The second-order valence-corrected chi connectivity index (χ2v) is 4.81. The van der Waals surface area contributed by atoms with E-state index < -0.39 is 21.4 Å². The van der Waals surface area contributed by atoms with Gasteiger partial charge in [0.15, 0.2) is 5.44 Å². The molecule has 0 bridgehead atoms. The molecule has 0 saturated heterocycles. The standard InChI is InChI=1S/C7H6BrFO4S.Na/c8-5-2-1-4(3-6(5)9)7(10)14(11,12)13;/h1-3,7,10H,(H,11,12,13);/q;+1/p-1. The molecule has 1 aromatic rings. The Kier molecular flexibility index (Phi) is 5.91. The van der Waals surface area contributed by atoms with Gasteiger partial charge in [-0.2, -0.15) is 0 Å². The van der Waals surface area contributed by atoms with Crippen molar-refractivity contribution in [3.63, 3.8) is 0 Å². The van der Waals surface area contributed by atoms with Crippen molar-refractivity contribution in [1.29, 1.82) is 0 Å². The van der Waals surface area contributed by atoms with Crippen molar-refractivity contribution in [1.82, 2.24) is 0 Å². The number of hydrogen-bond acceptors (Lipinski definition) is 4. The van der Waals surface area contributed by atoms with E-state index in [0.29, 0.717) is 0 Å². The molecular weight excluding hydrogens is 302 g/mol. The molecule has 1 unspecified atom stereocenters. The number of aliphatic hydroxyl groups excluding tert-OH is 1. The van der Waals surface area contributed by atoms with E-state index in [2.05, 4.69) is 15.9 Å². The smallest absolute Gasteiger partial charge is 0.746 e. The summed E-state index contributed by atoms with van der Waals surface area (Å²) in [4.78, 5) is 0. The zero-order valence-electron chi connectivity index (χ0n) is 7.65. The van der Waals surface area contributed by atoms with Crippen LogP contribution in [0.3, 0.4) is 0 Å². The van der Waals surface area contributed by atoms with Crippen LogP contribution in [-0.4, -0.2) is 18.1 Å². The number of halogens is 2. The SMILES string of the molecule is O=S(=O)([O-])C(O)c1ccc(Br)c(F)c1.[Na+]. The van der Waals surface area contributed by atoms with Gasteiger partial charge in [-0.1, -0.05) is 6.07 Å². The van der Waals surface area contributed by atoms with Crippen molar-refractivity contribution < 1.29 is 52.0 Å². The molecule has 0 amide bonds. The maximum Gasteiger partial charge on any atom is 1.00 e. The molecule has 1 N–H and O–H groups in total. The molecule has 0 saturated carbocycles. The quantitative estimate of drug-likeness (QED) is 0.513. The van der Waals surface area contributed by atoms with Gasteiger partial charge in [0.25, 0.3) is 0 Å². The largest absolute Gasteiger partial charge is 1.00 e. The van der Waals surface area contributed by atoms with Crippen LogP contribution < -0.4 is 29.6 Å². The van der Waals surface area contributed by atoms with Crippen molar-refractivity contribution in [2.45, 2.75) is 5.44 Å². The summed E-state index contributed by atoms with van der Waals surface area (Å²) >= 11 is 2.84. The van der Waals surface area contributed by atoms with Crippen LogP contribution in [0, 0.1) is 5.82 Å². The Morgan fingerprint density at radius 2 is 2.00 bits per heavy atom. The second kappa shape index (κ2) is 5.72. The third kappa shape index (κ3) is 4.10. The molecule has 4 nitrogen and oxygen atoms in total. The predicted octanol–water partition coefficient (Wildman–Crippen LogP) is -1.87. The first kappa shape index (κ1) is 15.5. The molecule has 0 fully saturated rings. The molecule has 1 atom stereocenters. The van der Waals surface area contributed by atoms with E-state index in [9.17, 15) is 17.4 Å². The Bertz CT molecular complexity index is 450. The van der Waals surface area contributed by atoms with Crippen LogP contribution in [-0.2, 0) is 10.1 Å². The predicted molar refractivity (Wildman–Crippen MR) is 48.8 cm³/mol. The van der Waals surface area contributed by atoms with Crippen LogP contribution in [0.15, 0.2) is 22.7 Å². The van der Waals surface area contributed by atoms with Gasteiger partial charge in [0.1, 0.15) is 15.9 Å². The Balaban J connectivity index is 0.00000196. The Morgan fingerprint density at radius 3 is 2.40 bits per heavy atom. The van der Waals surface area contributed by atoms with Gasteiger partial charge in [-0.15, -0.1) is 0 Å². The van der Waals surface area contributed by atoms with E-state index in [-0.39, 0.29) is 39.6 Å². The van der Waals surface area contributed by atoms with Crippen molar-refractivity contribution in [2.75, 3.05) is 0 Å². The van der Waals surface area contributed by atoms with Crippen molar-refractivity contribution in [2.24, 2.45) is 0 Å². The fourth-order valence-corrected chi connectivity index (χ4v) is 1.56. The third-order valence-corrected chi connectivity index (χ3v) is 2.96. The van der Waals surface area contributed by atoms with Gasteiger partial charge in [-0.05, 0) is 33.6 Å². The van der Waals surface area contributed by atoms with Crippen molar-refractivity contribution >= 4 is 26.0 Å². The van der Waals surface area contributed by atoms with Gasteiger partial charge in [-0.25, -0.2) is 12.8 Å². The Hall–Kier alpha value is 0.500. The van der Waals surface area contributed by atoms with Crippen LogP contribution in [0.1, 0.15) is 11.0 Å². The number of aliphatic hydroxyl groups is 1. The van der Waals surface area contributed by atoms with Crippen molar-refractivity contribution in [3.8, 4) is 0 Å². The van der Waals surface area contributed by atoms with E-state index in [1.807, 2.05) is 0 Å². The monoisotopic (exact) mass is 306 g/mol. The summed E-state index contributed by atoms with van der Waals surface area (Å²) in [6.07, 6.45) is 0. The summed E-state index contributed by atoms with van der Waals surface area (Å²) in [5.41, 5.74) is -2.52. The van der Waals surface area contributed by atoms with Crippen LogP contribution in [0.2, 0.25) is 0 Å². The minimum atomic E-state index is -4.86. The van der Waals surface area contributed by atoms with Gasteiger partial charge >= 0.3 is 29.6 Å². The molecule has 1 rings (SSSR count). The summed E-state index contributed by atoms with van der Waals surface area (Å²) < 4.78 is 44.2. The Labute approximate surface area is 117 Å². The first-order valence-electron chi connectivity index (χ1n) is 3.40. The van der Waals surface area contributed by atoms with Gasteiger partial charge in [0, 0.05) is 0 Å². The summed E-state index contributed by atoms with van der Waals surface area (Å²) in [5, 5.41) is 8.99. The zero-order valence-corrected chi connectivity index (χ0v) is 12.0. The van der Waals surface area contributed by atoms with Gasteiger partial charge in [0.05, 0.1) is 4.47 Å². The molecule has 0 aliphatic heterocycles. The van der Waals surface area contributed by atoms with Crippen LogP contribution in [0.25, 0.3) is 0 Å². The van der Waals surface area contributed by atoms with E-state index in [0.717, 1.165) is 12.1 Å². The minimum Gasteiger partial charge on any atom is -0.746 e. The molecule has 78 valence electrons. The number of benzene rings is 1. The molecular formula is C7H5BrFNaO4S. The van der Waals surface area contributed by atoms with Gasteiger partial charge < -0.3 is 9.66 Å². The maximum absolute atomic E-state index is 12.9. The zero-order chi connectivity index (χ0) is 10.9. The van der Waals surface area contributed by atoms with Crippen LogP contribution >= 0.6 is 15.9 Å². The molecule has 0 aromatic heterocycles. The number of hydrogen-bond donors (Lipinski definition) is 1. The third-order valence-electron chi connectivity index (χ3n) is 1.50. The molecule has 0 aliphatic carbocycles. The van der Waals surface area contributed by atoms with E-state index in [4.69, 9.17) is 5.11 Å². The fourth-order valence-electron chi connectivity index (χ4n) is 0.833. The number of rotatable bonds is 2. The first-order valence-corrected chi connectivity index (χ1v) is 5.66. The average molecular weight is 307 g/mol. The molecule has 0 spiro atoms. The second-order valence-electron chi connectivity index (χ2n) is 2.52. The van der Waals surface area contributed by atoms with Crippen molar-refractivity contribution in [3.05, 3.63) is 34.1 Å². The van der Waals surface area contributed by atoms with Crippen LogP contribution in [0.4, 0.5) is 4.39 Å². The first-order chi connectivity index (χ1) is 6.32. The molecule has 15 heavy (non-hydrogen) atoms. The average Bonchev–Trinajstić information content (AvgIpc) is 2.07. The maximum atomic E-state index is 12.9. The van der Waals surface area contributed by atoms with Crippen LogP contribution in [0.5, 0.6) is 0 Å². The summed E-state index contributed by atoms with van der Waals surface area (Å²) in [5.74, 6) is -0.745. The summed E-state index contributed by atoms with van der Waals surface area (Å²) in [6.45, 7) is 0. The summed E-state index contributed by atoms with van der Waals surface area (Å²) in [6, 6.07) is 3.14. The molecule has 0 radical (unpaired) electrons.